The number of ether oxygens (including phenoxy) is 3. The summed E-state index contributed by atoms with van der Waals surface area (Å²) < 4.78 is 16.4. The highest BCUT2D eigenvalue weighted by molar-refractivity contribution is 5.77. The zero-order valence-electron chi connectivity index (χ0n) is 15.0. The van der Waals surface area contributed by atoms with Crippen LogP contribution >= 0.6 is 0 Å². The van der Waals surface area contributed by atoms with E-state index in [1.807, 2.05) is 36.4 Å². The zero-order chi connectivity index (χ0) is 18.8. The highest BCUT2D eigenvalue weighted by atomic mass is 16.5. The molecule has 0 saturated heterocycles. The summed E-state index contributed by atoms with van der Waals surface area (Å²) in [5, 5.41) is 8.65. The highest BCUT2D eigenvalue weighted by Gasteiger charge is 2.10. The fraction of sp³-hybridized carbons (Fsp3) is 0.300. The Hall–Kier alpha value is -3.20. The number of nitrogens with zero attached hydrogens (tertiary/aromatic N) is 2. The highest BCUT2D eigenvalue weighted by Crippen LogP contribution is 2.25. The fourth-order valence-corrected chi connectivity index (χ4v) is 2.21. The maximum Gasteiger partial charge on any atom is 0.260 e. The molecular weight excluding hydrogens is 332 g/mol. The van der Waals surface area contributed by atoms with E-state index in [1.54, 1.807) is 31.2 Å². The standard InChI is InChI=1S/C20H22N2O4/c1-22(13-14-25-19-6-4-3-5-18(19)24-2)20(23)15-26-17-9-7-16(8-10-17)11-12-21/h3-10H,11,13-15H2,1-2H3. The molecule has 0 saturated carbocycles. The summed E-state index contributed by atoms with van der Waals surface area (Å²) >= 11 is 0. The van der Waals surface area contributed by atoms with Gasteiger partial charge >= 0.3 is 0 Å². The van der Waals surface area contributed by atoms with E-state index in [-0.39, 0.29) is 12.5 Å². The van der Waals surface area contributed by atoms with Crippen LogP contribution in [0.1, 0.15) is 5.56 Å². The molecule has 0 aromatic heterocycles. The lowest BCUT2D eigenvalue weighted by Crippen LogP contribution is -2.34. The van der Waals surface area contributed by atoms with Gasteiger partial charge < -0.3 is 19.1 Å². The Morgan fingerprint density at radius 1 is 1.08 bits per heavy atom. The Morgan fingerprint density at radius 3 is 2.42 bits per heavy atom. The van der Waals surface area contributed by atoms with Crippen LogP contribution in [0.4, 0.5) is 0 Å². The summed E-state index contributed by atoms with van der Waals surface area (Å²) in [6.45, 7) is 0.732. The monoisotopic (exact) mass is 354 g/mol. The lowest BCUT2D eigenvalue weighted by Gasteiger charge is -2.18. The van der Waals surface area contributed by atoms with E-state index < -0.39 is 0 Å². The SMILES string of the molecule is COc1ccccc1OCCN(C)C(=O)COc1ccc(CC#N)cc1. The van der Waals surface area contributed by atoms with Gasteiger partial charge in [0.1, 0.15) is 12.4 Å². The molecule has 6 nitrogen and oxygen atoms in total. The van der Waals surface area contributed by atoms with Crippen molar-refractivity contribution in [3.63, 3.8) is 0 Å². The minimum absolute atomic E-state index is 0.0528. The Kier molecular flexibility index (Phi) is 7.31. The van der Waals surface area contributed by atoms with Crippen LogP contribution < -0.4 is 14.2 Å². The quantitative estimate of drug-likeness (QED) is 0.692. The van der Waals surface area contributed by atoms with Crippen LogP contribution in [0, 0.1) is 11.3 Å². The number of hydrogen-bond donors (Lipinski definition) is 0. The summed E-state index contributed by atoms with van der Waals surface area (Å²) in [5.41, 5.74) is 0.914. The van der Waals surface area contributed by atoms with Gasteiger partial charge in [-0.25, -0.2) is 0 Å². The van der Waals surface area contributed by atoms with Crippen LogP contribution in [-0.4, -0.2) is 44.7 Å². The second-order valence-electron chi connectivity index (χ2n) is 5.58. The third-order valence-electron chi connectivity index (χ3n) is 3.75. The number of methoxy groups -OCH3 is 1. The molecule has 0 fully saturated rings. The van der Waals surface area contributed by atoms with Gasteiger partial charge in [-0.1, -0.05) is 24.3 Å². The molecule has 0 aliphatic rings. The molecule has 6 heteroatoms. The number of rotatable bonds is 9. The van der Waals surface area contributed by atoms with E-state index in [4.69, 9.17) is 19.5 Å². The molecule has 2 aromatic carbocycles. The lowest BCUT2D eigenvalue weighted by atomic mass is 10.2. The summed E-state index contributed by atoms with van der Waals surface area (Å²) in [5.74, 6) is 1.75. The Bertz CT molecular complexity index is 753. The molecule has 2 rings (SSSR count). The summed E-state index contributed by atoms with van der Waals surface area (Å²) in [6.07, 6.45) is 0.355. The molecule has 2 aromatic rings. The van der Waals surface area contributed by atoms with E-state index >= 15 is 0 Å². The predicted molar refractivity (Wildman–Crippen MR) is 97.4 cm³/mol. The number of carbonyl (C=O) groups excluding carboxylic acids is 1. The third kappa shape index (κ3) is 5.71. The number of carbonyl (C=O) groups is 1. The van der Waals surface area contributed by atoms with Gasteiger partial charge in [0.05, 0.1) is 26.1 Å². The van der Waals surface area contributed by atoms with Crippen molar-refractivity contribution >= 4 is 5.91 Å². The molecule has 0 heterocycles. The van der Waals surface area contributed by atoms with Crippen molar-refractivity contribution in [3.05, 3.63) is 54.1 Å². The molecule has 136 valence electrons. The first-order chi connectivity index (χ1) is 12.6. The number of hydrogen-bond acceptors (Lipinski definition) is 5. The van der Waals surface area contributed by atoms with Crippen molar-refractivity contribution in [2.24, 2.45) is 0 Å². The molecule has 0 radical (unpaired) electrons. The summed E-state index contributed by atoms with van der Waals surface area (Å²) in [4.78, 5) is 13.7. The molecule has 0 unspecified atom stereocenters. The summed E-state index contributed by atoms with van der Waals surface area (Å²) in [7, 11) is 3.29. The van der Waals surface area contributed by atoms with Crippen molar-refractivity contribution in [2.75, 3.05) is 33.9 Å². The van der Waals surface area contributed by atoms with Crippen molar-refractivity contribution in [1.29, 1.82) is 5.26 Å². The van der Waals surface area contributed by atoms with Crippen LogP contribution in [0.5, 0.6) is 17.2 Å². The second kappa shape index (κ2) is 9.94. The number of nitriles is 1. The number of likely N-dealkylation sites (N-methyl/N-ethyl adjacent to an activating group) is 1. The van der Waals surface area contributed by atoms with Gasteiger partial charge in [0.2, 0.25) is 0 Å². The summed E-state index contributed by atoms with van der Waals surface area (Å²) in [6, 6.07) is 16.6. The van der Waals surface area contributed by atoms with E-state index in [1.165, 1.54) is 0 Å². The number of para-hydroxylation sites is 2. The normalized spacial score (nSPS) is 9.88. The first-order valence-electron chi connectivity index (χ1n) is 8.22. The van der Waals surface area contributed by atoms with Crippen LogP contribution in [-0.2, 0) is 11.2 Å². The van der Waals surface area contributed by atoms with Crippen molar-refractivity contribution in [1.82, 2.24) is 4.90 Å². The lowest BCUT2D eigenvalue weighted by molar-refractivity contribution is -0.132. The average molecular weight is 354 g/mol. The van der Waals surface area contributed by atoms with Crippen LogP contribution in [0.25, 0.3) is 0 Å². The molecule has 0 spiro atoms. The average Bonchev–Trinajstić information content (AvgIpc) is 2.67. The van der Waals surface area contributed by atoms with Crippen LogP contribution in [0.3, 0.4) is 0 Å². The first-order valence-corrected chi connectivity index (χ1v) is 8.22. The van der Waals surface area contributed by atoms with Crippen molar-refractivity contribution in [2.45, 2.75) is 6.42 Å². The topological polar surface area (TPSA) is 71.8 Å². The molecule has 0 aliphatic carbocycles. The first kappa shape index (κ1) is 19.1. The van der Waals surface area contributed by atoms with E-state index in [2.05, 4.69) is 6.07 Å². The minimum atomic E-state index is -0.144. The smallest absolute Gasteiger partial charge is 0.260 e. The van der Waals surface area contributed by atoms with Gasteiger partial charge in [-0.3, -0.25) is 4.79 Å². The maximum atomic E-state index is 12.1. The van der Waals surface area contributed by atoms with E-state index in [0.29, 0.717) is 36.8 Å². The Morgan fingerprint density at radius 2 is 1.77 bits per heavy atom. The van der Waals surface area contributed by atoms with E-state index in [9.17, 15) is 4.79 Å². The second-order valence-corrected chi connectivity index (χ2v) is 5.58. The molecule has 1 amide bonds. The molecule has 0 bridgehead atoms. The van der Waals surface area contributed by atoms with Gasteiger partial charge in [0.25, 0.3) is 5.91 Å². The Balaban J connectivity index is 1.74. The van der Waals surface area contributed by atoms with Crippen LogP contribution in [0.15, 0.2) is 48.5 Å². The van der Waals surface area contributed by atoms with Gasteiger partial charge in [-0.15, -0.1) is 0 Å². The largest absolute Gasteiger partial charge is 0.493 e. The molecule has 0 atom stereocenters. The Labute approximate surface area is 153 Å². The van der Waals surface area contributed by atoms with Gasteiger partial charge in [-0.2, -0.15) is 5.26 Å². The molecule has 0 aliphatic heterocycles. The number of amides is 1. The number of benzene rings is 2. The molecular formula is C20H22N2O4. The van der Waals surface area contributed by atoms with Crippen molar-refractivity contribution in [3.8, 4) is 23.3 Å². The fourth-order valence-electron chi connectivity index (χ4n) is 2.21. The third-order valence-corrected chi connectivity index (χ3v) is 3.75. The molecule has 26 heavy (non-hydrogen) atoms. The zero-order valence-corrected chi connectivity index (χ0v) is 15.0. The van der Waals surface area contributed by atoms with Gasteiger partial charge in [0.15, 0.2) is 18.1 Å². The predicted octanol–water partition coefficient (Wildman–Crippen LogP) is 2.68. The minimum Gasteiger partial charge on any atom is -0.493 e. The molecule has 0 N–H and O–H groups in total. The van der Waals surface area contributed by atoms with Crippen molar-refractivity contribution < 1.29 is 19.0 Å². The van der Waals surface area contributed by atoms with Gasteiger partial charge in [-0.05, 0) is 29.8 Å². The van der Waals surface area contributed by atoms with Gasteiger partial charge in [0, 0.05) is 7.05 Å². The van der Waals surface area contributed by atoms with E-state index in [0.717, 1.165) is 5.56 Å². The van der Waals surface area contributed by atoms with Crippen LogP contribution in [0.2, 0.25) is 0 Å². The maximum absolute atomic E-state index is 12.1.